The quantitative estimate of drug-likeness (QED) is 0.370. The molecule has 0 unspecified atom stereocenters. The Balaban J connectivity index is 2.96. The van der Waals surface area contributed by atoms with Crippen molar-refractivity contribution in [1.82, 2.24) is 0 Å². The molecular weight excluding hydrogens is 184 g/mol. The second-order valence-electron chi connectivity index (χ2n) is 2.75. The lowest BCUT2D eigenvalue weighted by molar-refractivity contribution is -0.383. The maximum atomic E-state index is 10.6. The van der Waals surface area contributed by atoms with Crippen molar-refractivity contribution in [3.05, 3.63) is 28.3 Å². The third-order valence-electron chi connectivity index (χ3n) is 1.68. The van der Waals surface area contributed by atoms with Crippen molar-refractivity contribution in [2.75, 3.05) is 24.1 Å². The molecule has 0 amide bonds. The third kappa shape index (κ3) is 2.33. The average molecular weight is 196 g/mol. The number of nitrogens with zero attached hydrogens (tertiary/aromatic N) is 1. The molecule has 0 fully saturated rings. The zero-order valence-corrected chi connectivity index (χ0v) is 7.56. The Labute approximate surface area is 81.0 Å². The first kappa shape index (κ1) is 10.3. The Morgan fingerprint density at radius 1 is 1.50 bits per heavy atom. The zero-order chi connectivity index (χ0) is 10.6. The van der Waals surface area contributed by atoms with Gasteiger partial charge in [0.1, 0.15) is 5.69 Å². The molecule has 0 spiro atoms. The SMILES string of the molecule is NCCNc1ccc(N)cc1[N+](=O)[O-]. The van der Waals surface area contributed by atoms with Gasteiger partial charge in [0, 0.05) is 24.8 Å². The van der Waals surface area contributed by atoms with E-state index in [1.54, 1.807) is 12.1 Å². The predicted molar refractivity (Wildman–Crippen MR) is 55.1 cm³/mol. The largest absolute Gasteiger partial charge is 0.399 e. The van der Waals surface area contributed by atoms with E-state index in [2.05, 4.69) is 5.32 Å². The minimum atomic E-state index is -0.477. The summed E-state index contributed by atoms with van der Waals surface area (Å²) in [5, 5.41) is 13.5. The molecular formula is C8H12N4O2. The fourth-order valence-corrected chi connectivity index (χ4v) is 1.06. The van der Waals surface area contributed by atoms with Crippen LogP contribution in [0.3, 0.4) is 0 Å². The molecule has 0 radical (unpaired) electrons. The second-order valence-corrected chi connectivity index (χ2v) is 2.75. The highest BCUT2D eigenvalue weighted by Crippen LogP contribution is 2.26. The summed E-state index contributed by atoms with van der Waals surface area (Å²) < 4.78 is 0. The van der Waals surface area contributed by atoms with Crippen LogP contribution in [0.1, 0.15) is 0 Å². The van der Waals surface area contributed by atoms with Gasteiger partial charge in [0.2, 0.25) is 0 Å². The summed E-state index contributed by atoms with van der Waals surface area (Å²) in [7, 11) is 0. The number of nitrogens with two attached hydrogens (primary N) is 2. The highest BCUT2D eigenvalue weighted by molar-refractivity contribution is 5.66. The van der Waals surface area contributed by atoms with Gasteiger partial charge >= 0.3 is 0 Å². The first-order valence-corrected chi connectivity index (χ1v) is 4.13. The van der Waals surface area contributed by atoms with Crippen molar-refractivity contribution >= 4 is 17.1 Å². The average Bonchev–Trinajstić information content (AvgIpc) is 2.15. The Morgan fingerprint density at radius 2 is 2.21 bits per heavy atom. The highest BCUT2D eigenvalue weighted by Gasteiger charge is 2.12. The summed E-state index contributed by atoms with van der Waals surface area (Å²) in [4.78, 5) is 10.1. The first-order valence-electron chi connectivity index (χ1n) is 4.13. The topological polar surface area (TPSA) is 107 Å². The number of hydrogen-bond donors (Lipinski definition) is 3. The van der Waals surface area contributed by atoms with E-state index >= 15 is 0 Å². The van der Waals surface area contributed by atoms with Crippen molar-refractivity contribution in [3.63, 3.8) is 0 Å². The van der Waals surface area contributed by atoms with E-state index in [9.17, 15) is 10.1 Å². The van der Waals surface area contributed by atoms with Crippen LogP contribution < -0.4 is 16.8 Å². The molecule has 0 saturated heterocycles. The minimum absolute atomic E-state index is 0.0292. The van der Waals surface area contributed by atoms with Gasteiger partial charge in [-0.25, -0.2) is 0 Å². The molecule has 1 aromatic rings. The fourth-order valence-electron chi connectivity index (χ4n) is 1.06. The molecule has 0 aromatic heterocycles. The van der Waals surface area contributed by atoms with Crippen molar-refractivity contribution in [3.8, 4) is 0 Å². The molecule has 14 heavy (non-hydrogen) atoms. The van der Waals surface area contributed by atoms with Gasteiger partial charge < -0.3 is 16.8 Å². The lowest BCUT2D eigenvalue weighted by atomic mass is 10.2. The van der Waals surface area contributed by atoms with Crippen LogP contribution in [0.15, 0.2) is 18.2 Å². The van der Waals surface area contributed by atoms with E-state index in [4.69, 9.17) is 11.5 Å². The molecule has 6 heteroatoms. The summed E-state index contributed by atoms with van der Waals surface area (Å²) in [6, 6.07) is 4.49. The molecule has 0 bridgehead atoms. The van der Waals surface area contributed by atoms with Gasteiger partial charge in [-0.05, 0) is 12.1 Å². The minimum Gasteiger partial charge on any atom is -0.399 e. The first-order chi connectivity index (χ1) is 6.65. The van der Waals surface area contributed by atoms with Gasteiger partial charge in [0.25, 0.3) is 5.69 Å². The van der Waals surface area contributed by atoms with E-state index in [-0.39, 0.29) is 5.69 Å². The van der Waals surface area contributed by atoms with Crippen LogP contribution in [0.2, 0.25) is 0 Å². The number of anilines is 2. The van der Waals surface area contributed by atoms with Gasteiger partial charge in [0.15, 0.2) is 0 Å². The second kappa shape index (κ2) is 4.43. The van der Waals surface area contributed by atoms with Gasteiger partial charge in [-0.15, -0.1) is 0 Å². The normalized spacial score (nSPS) is 9.79. The smallest absolute Gasteiger partial charge is 0.294 e. The monoisotopic (exact) mass is 196 g/mol. The summed E-state index contributed by atoms with van der Waals surface area (Å²) in [5.74, 6) is 0. The number of hydrogen-bond acceptors (Lipinski definition) is 5. The maximum absolute atomic E-state index is 10.6. The van der Waals surface area contributed by atoms with Gasteiger partial charge in [-0.1, -0.05) is 0 Å². The lowest BCUT2D eigenvalue weighted by Crippen LogP contribution is -2.14. The summed E-state index contributed by atoms with van der Waals surface area (Å²) in [6.07, 6.45) is 0. The molecule has 76 valence electrons. The van der Waals surface area contributed by atoms with Crippen LogP contribution >= 0.6 is 0 Å². The van der Waals surface area contributed by atoms with Crippen molar-refractivity contribution in [2.24, 2.45) is 5.73 Å². The van der Waals surface area contributed by atoms with Crippen LogP contribution in [0.25, 0.3) is 0 Å². The van der Waals surface area contributed by atoms with Crippen molar-refractivity contribution < 1.29 is 4.92 Å². The van der Waals surface area contributed by atoms with Crippen LogP contribution in [0.4, 0.5) is 17.1 Å². The standard InChI is InChI=1S/C8H12N4O2/c9-3-4-11-7-2-1-6(10)5-8(7)12(13)14/h1-2,5,11H,3-4,9-10H2. The summed E-state index contributed by atoms with van der Waals surface area (Å²) in [6.45, 7) is 0.909. The van der Waals surface area contributed by atoms with Crippen molar-refractivity contribution in [1.29, 1.82) is 0 Å². The molecule has 0 aliphatic carbocycles. The third-order valence-corrected chi connectivity index (χ3v) is 1.68. The fraction of sp³-hybridized carbons (Fsp3) is 0.250. The molecule has 0 aliphatic heterocycles. The zero-order valence-electron chi connectivity index (χ0n) is 7.56. The summed E-state index contributed by atoms with van der Waals surface area (Å²) in [5.41, 5.74) is 11.5. The Kier molecular flexibility index (Phi) is 3.24. The van der Waals surface area contributed by atoms with E-state index in [1.165, 1.54) is 6.07 Å². The molecule has 0 saturated carbocycles. The van der Waals surface area contributed by atoms with E-state index in [0.29, 0.717) is 24.5 Å². The number of nitrogen functional groups attached to an aromatic ring is 1. The number of nitrogens with one attached hydrogen (secondary N) is 1. The number of nitro benzene ring substituents is 1. The Bertz CT molecular complexity index is 340. The predicted octanol–water partition coefficient (Wildman–Crippen LogP) is 0.548. The molecule has 1 aromatic carbocycles. The van der Waals surface area contributed by atoms with Gasteiger partial charge in [-0.3, -0.25) is 10.1 Å². The van der Waals surface area contributed by atoms with Gasteiger partial charge in [0.05, 0.1) is 4.92 Å². The molecule has 5 N–H and O–H groups in total. The van der Waals surface area contributed by atoms with Crippen LogP contribution in [0, 0.1) is 10.1 Å². The summed E-state index contributed by atoms with van der Waals surface area (Å²) >= 11 is 0. The van der Waals surface area contributed by atoms with E-state index in [1.807, 2.05) is 0 Å². The number of nitro groups is 1. The van der Waals surface area contributed by atoms with E-state index in [0.717, 1.165) is 0 Å². The molecule has 1 rings (SSSR count). The highest BCUT2D eigenvalue weighted by atomic mass is 16.6. The number of benzene rings is 1. The molecule has 0 heterocycles. The lowest BCUT2D eigenvalue weighted by Gasteiger charge is -2.05. The van der Waals surface area contributed by atoms with Crippen LogP contribution in [-0.2, 0) is 0 Å². The maximum Gasteiger partial charge on any atom is 0.294 e. The molecule has 0 aliphatic rings. The Morgan fingerprint density at radius 3 is 2.79 bits per heavy atom. The molecule has 6 nitrogen and oxygen atoms in total. The van der Waals surface area contributed by atoms with Crippen molar-refractivity contribution in [2.45, 2.75) is 0 Å². The van der Waals surface area contributed by atoms with Gasteiger partial charge in [-0.2, -0.15) is 0 Å². The Hall–Kier alpha value is -1.82. The van der Waals surface area contributed by atoms with Crippen LogP contribution in [0.5, 0.6) is 0 Å². The molecule has 0 atom stereocenters. The van der Waals surface area contributed by atoms with Crippen LogP contribution in [-0.4, -0.2) is 18.0 Å². The van der Waals surface area contributed by atoms with E-state index < -0.39 is 4.92 Å². The number of rotatable bonds is 4.